The Bertz CT molecular complexity index is 892. The molecule has 0 bridgehead atoms. The molecule has 3 aromatic rings. The molecular weight excluding hydrogens is 306 g/mol. The molecule has 0 atom stereocenters. The van der Waals surface area contributed by atoms with Crippen molar-refractivity contribution in [1.29, 1.82) is 0 Å². The van der Waals surface area contributed by atoms with E-state index in [1.54, 1.807) is 32.7 Å². The zero-order valence-corrected chi connectivity index (χ0v) is 13.5. The van der Waals surface area contributed by atoms with Gasteiger partial charge in [-0.1, -0.05) is 30.3 Å². The minimum absolute atomic E-state index is 0.136. The van der Waals surface area contributed by atoms with E-state index in [2.05, 4.69) is 9.97 Å². The number of ether oxygens (including phenoxy) is 2. The molecule has 3 rings (SSSR count). The Labute approximate surface area is 139 Å². The van der Waals surface area contributed by atoms with E-state index < -0.39 is 0 Å². The Morgan fingerprint density at radius 3 is 2.58 bits per heavy atom. The SMILES string of the molecule is COc1ccnc(Cn2cncc(-c3ccccc3)c2=O)c1OC. The third-order valence-electron chi connectivity index (χ3n) is 3.67. The lowest BCUT2D eigenvalue weighted by molar-refractivity contribution is 0.348. The van der Waals surface area contributed by atoms with E-state index >= 15 is 0 Å². The zero-order valence-electron chi connectivity index (χ0n) is 13.5. The van der Waals surface area contributed by atoms with Crippen LogP contribution in [0.2, 0.25) is 0 Å². The molecule has 0 saturated heterocycles. The van der Waals surface area contributed by atoms with E-state index in [9.17, 15) is 4.79 Å². The van der Waals surface area contributed by atoms with Gasteiger partial charge in [-0.2, -0.15) is 0 Å². The van der Waals surface area contributed by atoms with Gasteiger partial charge in [-0.05, 0) is 5.56 Å². The van der Waals surface area contributed by atoms with E-state index in [4.69, 9.17) is 9.47 Å². The molecule has 0 N–H and O–H groups in total. The molecule has 0 spiro atoms. The van der Waals surface area contributed by atoms with Gasteiger partial charge in [-0.25, -0.2) is 4.98 Å². The van der Waals surface area contributed by atoms with Gasteiger partial charge in [-0.15, -0.1) is 0 Å². The number of hydrogen-bond donors (Lipinski definition) is 0. The first kappa shape index (κ1) is 15.7. The van der Waals surface area contributed by atoms with Crippen molar-refractivity contribution in [2.45, 2.75) is 6.54 Å². The quantitative estimate of drug-likeness (QED) is 0.721. The fourth-order valence-electron chi connectivity index (χ4n) is 2.50. The maximum absolute atomic E-state index is 12.8. The third kappa shape index (κ3) is 2.99. The predicted octanol–water partition coefficient (Wildman–Crippen LogP) is 2.37. The fraction of sp³-hybridized carbons (Fsp3) is 0.167. The van der Waals surface area contributed by atoms with Gasteiger partial charge in [-0.3, -0.25) is 14.3 Å². The summed E-state index contributed by atoms with van der Waals surface area (Å²) in [4.78, 5) is 21.2. The van der Waals surface area contributed by atoms with Gasteiger partial charge in [0.15, 0.2) is 11.5 Å². The van der Waals surface area contributed by atoms with Crippen molar-refractivity contribution in [2.24, 2.45) is 0 Å². The van der Waals surface area contributed by atoms with Gasteiger partial charge in [0.2, 0.25) is 0 Å². The average Bonchev–Trinajstić information content (AvgIpc) is 2.64. The van der Waals surface area contributed by atoms with E-state index in [0.29, 0.717) is 22.8 Å². The minimum Gasteiger partial charge on any atom is -0.493 e. The topological polar surface area (TPSA) is 66.2 Å². The molecule has 0 saturated carbocycles. The van der Waals surface area contributed by atoms with Crippen LogP contribution in [0.25, 0.3) is 11.1 Å². The maximum Gasteiger partial charge on any atom is 0.261 e. The molecule has 122 valence electrons. The minimum atomic E-state index is -0.136. The van der Waals surface area contributed by atoms with Crippen molar-refractivity contribution in [3.63, 3.8) is 0 Å². The van der Waals surface area contributed by atoms with E-state index in [1.807, 2.05) is 30.3 Å². The number of pyridine rings is 1. The van der Waals surface area contributed by atoms with E-state index in [1.165, 1.54) is 10.9 Å². The number of nitrogens with zero attached hydrogens (tertiary/aromatic N) is 3. The van der Waals surface area contributed by atoms with E-state index in [0.717, 1.165) is 5.56 Å². The zero-order chi connectivity index (χ0) is 16.9. The summed E-state index contributed by atoms with van der Waals surface area (Å²) in [6, 6.07) is 11.2. The Morgan fingerprint density at radius 2 is 1.88 bits per heavy atom. The van der Waals surface area contributed by atoms with Crippen LogP contribution in [-0.4, -0.2) is 28.8 Å². The van der Waals surface area contributed by atoms with Crippen LogP contribution in [-0.2, 0) is 6.54 Å². The Hall–Kier alpha value is -3.15. The average molecular weight is 323 g/mol. The van der Waals surface area contributed by atoms with Crippen molar-refractivity contribution in [1.82, 2.24) is 14.5 Å². The molecule has 2 heterocycles. The number of rotatable bonds is 5. The van der Waals surface area contributed by atoms with Crippen molar-refractivity contribution >= 4 is 0 Å². The monoisotopic (exact) mass is 323 g/mol. The molecule has 0 aliphatic rings. The molecule has 6 heteroatoms. The van der Waals surface area contributed by atoms with Crippen LogP contribution in [0.4, 0.5) is 0 Å². The van der Waals surface area contributed by atoms with Gasteiger partial charge in [0, 0.05) is 18.5 Å². The number of hydrogen-bond acceptors (Lipinski definition) is 5. The van der Waals surface area contributed by atoms with Gasteiger partial charge < -0.3 is 9.47 Å². The van der Waals surface area contributed by atoms with Gasteiger partial charge in [0.05, 0.1) is 32.7 Å². The second kappa shape index (κ2) is 6.95. The standard InChI is InChI=1S/C18H17N3O3/c1-23-16-8-9-20-15(17(16)24-2)11-21-12-19-10-14(18(21)22)13-6-4-3-5-7-13/h3-10,12H,11H2,1-2H3. The highest BCUT2D eigenvalue weighted by atomic mass is 16.5. The highest BCUT2D eigenvalue weighted by Gasteiger charge is 2.13. The van der Waals surface area contributed by atoms with Crippen LogP contribution in [0, 0.1) is 0 Å². The van der Waals surface area contributed by atoms with Crippen LogP contribution in [0.5, 0.6) is 11.5 Å². The van der Waals surface area contributed by atoms with Gasteiger partial charge >= 0.3 is 0 Å². The van der Waals surface area contributed by atoms with Gasteiger partial charge in [0.25, 0.3) is 5.56 Å². The second-order valence-electron chi connectivity index (χ2n) is 5.10. The smallest absolute Gasteiger partial charge is 0.261 e. The lowest BCUT2D eigenvalue weighted by Gasteiger charge is -2.13. The summed E-state index contributed by atoms with van der Waals surface area (Å²) in [5.74, 6) is 1.08. The summed E-state index contributed by atoms with van der Waals surface area (Å²) in [5.41, 5.74) is 1.84. The first-order valence-corrected chi connectivity index (χ1v) is 7.40. The molecule has 0 fully saturated rings. The van der Waals surface area contributed by atoms with Crippen LogP contribution >= 0.6 is 0 Å². The summed E-state index contributed by atoms with van der Waals surface area (Å²) >= 11 is 0. The first-order chi connectivity index (χ1) is 11.7. The van der Waals surface area contributed by atoms with Crippen molar-refractivity contribution < 1.29 is 9.47 Å². The normalized spacial score (nSPS) is 10.4. The van der Waals surface area contributed by atoms with E-state index in [-0.39, 0.29) is 12.1 Å². The number of methoxy groups -OCH3 is 2. The van der Waals surface area contributed by atoms with Gasteiger partial charge in [0.1, 0.15) is 5.69 Å². The second-order valence-corrected chi connectivity index (χ2v) is 5.10. The van der Waals surface area contributed by atoms with Crippen LogP contribution in [0.1, 0.15) is 5.69 Å². The molecule has 1 aromatic carbocycles. The molecule has 24 heavy (non-hydrogen) atoms. The molecular formula is C18H17N3O3. The predicted molar refractivity (Wildman–Crippen MR) is 90.4 cm³/mol. The molecule has 0 amide bonds. The molecule has 0 radical (unpaired) electrons. The largest absolute Gasteiger partial charge is 0.493 e. The summed E-state index contributed by atoms with van der Waals surface area (Å²) < 4.78 is 12.1. The van der Waals surface area contributed by atoms with Crippen molar-refractivity contribution in [3.05, 3.63) is 71.2 Å². The maximum atomic E-state index is 12.8. The Morgan fingerprint density at radius 1 is 1.08 bits per heavy atom. The number of aromatic nitrogens is 3. The Kier molecular flexibility index (Phi) is 4.56. The lowest BCUT2D eigenvalue weighted by Crippen LogP contribution is -2.23. The highest BCUT2D eigenvalue weighted by molar-refractivity contribution is 5.61. The van der Waals surface area contributed by atoms with Crippen molar-refractivity contribution in [3.8, 4) is 22.6 Å². The Balaban J connectivity index is 2.02. The molecule has 2 aromatic heterocycles. The highest BCUT2D eigenvalue weighted by Crippen LogP contribution is 2.29. The summed E-state index contributed by atoms with van der Waals surface area (Å²) in [7, 11) is 3.11. The van der Waals surface area contributed by atoms with Crippen LogP contribution < -0.4 is 15.0 Å². The lowest BCUT2D eigenvalue weighted by atomic mass is 10.1. The van der Waals surface area contributed by atoms with Crippen molar-refractivity contribution in [2.75, 3.05) is 14.2 Å². The molecule has 6 nitrogen and oxygen atoms in total. The molecule has 0 unspecified atom stereocenters. The van der Waals surface area contributed by atoms with Crippen LogP contribution in [0.15, 0.2) is 59.9 Å². The third-order valence-corrected chi connectivity index (χ3v) is 3.67. The molecule has 0 aliphatic carbocycles. The summed E-state index contributed by atoms with van der Waals surface area (Å²) in [5, 5.41) is 0. The number of benzene rings is 1. The fourth-order valence-corrected chi connectivity index (χ4v) is 2.50. The molecule has 0 aliphatic heterocycles. The summed E-state index contributed by atoms with van der Waals surface area (Å²) in [6.07, 6.45) is 4.69. The van der Waals surface area contributed by atoms with Crippen LogP contribution in [0.3, 0.4) is 0 Å². The summed E-state index contributed by atoms with van der Waals surface area (Å²) in [6.45, 7) is 0.243. The first-order valence-electron chi connectivity index (χ1n) is 7.40.